The van der Waals surface area contributed by atoms with E-state index in [-0.39, 0.29) is 5.82 Å². The first-order valence-corrected chi connectivity index (χ1v) is 8.10. The van der Waals surface area contributed by atoms with Gasteiger partial charge < -0.3 is 15.1 Å². The first-order chi connectivity index (χ1) is 10.2. The van der Waals surface area contributed by atoms with E-state index in [9.17, 15) is 4.39 Å². The molecule has 0 saturated carbocycles. The van der Waals surface area contributed by atoms with Gasteiger partial charge in [-0.15, -0.1) is 0 Å². The number of halogens is 1. The summed E-state index contributed by atoms with van der Waals surface area (Å²) in [5.41, 5.74) is 2.21. The summed E-state index contributed by atoms with van der Waals surface area (Å²) in [6.45, 7) is 9.38. The van der Waals surface area contributed by atoms with E-state index in [1.165, 1.54) is 12.8 Å². The average Bonchev–Trinajstić information content (AvgIpc) is 2.52. The quantitative estimate of drug-likeness (QED) is 0.870. The van der Waals surface area contributed by atoms with Gasteiger partial charge in [0.2, 0.25) is 0 Å². The number of nitrogens with one attached hydrogen (secondary N) is 1. The minimum absolute atomic E-state index is 0.152. The number of rotatable bonds is 6. The Morgan fingerprint density at radius 1 is 1.29 bits per heavy atom. The highest BCUT2D eigenvalue weighted by Gasteiger charge is 2.23. The van der Waals surface area contributed by atoms with Crippen LogP contribution in [0, 0.1) is 5.82 Å². The first-order valence-electron chi connectivity index (χ1n) is 8.10. The third-order valence-corrected chi connectivity index (χ3v) is 4.54. The molecule has 21 heavy (non-hydrogen) atoms. The van der Waals surface area contributed by atoms with Crippen LogP contribution in [0.25, 0.3) is 0 Å². The molecule has 0 unspecified atom stereocenters. The summed E-state index contributed by atoms with van der Waals surface area (Å²) in [5, 5.41) is 3.30. The van der Waals surface area contributed by atoms with Gasteiger partial charge in [-0.05, 0) is 49.7 Å². The molecule has 1 aliphatic heterocycles. The van der Waals surface area contributed by atoms with Crippen molar-refractivity contribution in [3.63, 3.8) is 0 Å². The molecule has 118 valence electrons. The molecule has 0 aromatic heterocycles. The number of likely N-dealkylation sites (tertiary alicyclic amines) is 1. The van der Waals surface area contributed by atoms with Crippen LogP contribution in [-0.4, -0.2) is 44.2 Å². The van der Waals surface area contributed by atoms with Gasteiger partial charge in [-0.2, -0.15) is 0 Å². The zero-order valence-electron chi connectivity index (χ0n) is 13.5. The minimum Gasteiger partial charge on any atom is -0.371 e. The highest BCUT2D eigenvalue weighted by atomic mass is 19.1. The molecule has 1 saturated heterocycles. The Labute approximate surface area is 128 Å². The summed E-state index contributed by atoms with van der Waals surface area (Å²) in [4.78, 5) is 4.84. The van der Waals surface area contributed by atoms with Gasteiger partial charge in [-0.3, -0.25) is 0 Å². The molecule has 3 nitrogen and oxygen atoms in total. The van der Waals surface area contributed by atoms with Crippen LogP contribution in [0.4, 0.5) is 10.1 Å². The van der Waals surface area contributed by atoms with Crippen LogP contribution in [0.2, 0.25) is 0 Å². The van der Waals surface area contributed by atoms with E-state index < -0.39 is 0 Å². The zero-order chi connectivity index (χ0) is 15.2. The molecule has 0 spiro atoms. The van der Waals surface area contributed by atoms with Gasteiger partial charge in [-0.1, -0.05) is 13.8 Å². The number of piperidine rings is 1. The van der Waals surface area contributed by atoms with E-state index >= 15 is 0 Å². The smallest absolute Gasteiger partial charge is 0.123 e. The normalized spacial score (nSPS) is 17.1. The number of anilines is 1. The molecular formula is C17H28FN3. The molecule has 1 aromatic carbocycles. The van der Waals surface area contributed by atoms with Crippen molar-refractivity contribution in [2.75, 3.05) is 38.1 Å². The van der Waals surface area contributed by atoms with Gasteiger partial charge in [-0.25, -0.2) is 4.39 Å². The van der Waals surface area contributed by atoms with Gasteiger partial charge in [0.25, 0.3) is 0 Å². The third-order valence-electron chi connectivity index (χ3n) is 4.54. The van der Waals surface area contributed by atoms with Crippen LogP contribution >= 0.6 is 0 Å². The number of hydrogen-bond acceptors (Lipinski definition) is 3. The number of hydrogen-bond donors (Lipinski definition) is 1. The minimum atomic E-state index is -0.152. The summed E-state index contributed by atoms with van der Waals surface area (Å²) < 4.78 is 13.5. The van der Waals surface area contributed by atoms with Crippen molar-refractivity contribution in [3.8, 4) is 0 Å². The second-order valence-corrected chi connectivity index (χ2v) is 5.83. The van der Waals surface area contributed by atoms with Gasteiger partial charge in [0.05, 0.1) is 0 Å². The maximum atomic E-state index is 13.5. The van der Waals surface area contributed by atoms with Crippen molar-refractivity contribution in [1.29, 1.82) is 0 Å². The van der Waals surface area contributed by atoms with Crippen molar-refractivity contribution in [2.24, 2.45) is 0 Å². The average molecular weight is 293 g/mol. The predicted octanol–water partition coefficient (Wildman–Crippen LogP) is 2.86. The molecule has 1 aromatic rings. The van der Waals surface area contributed by atoms with Crippen LogP contribution in [0.15, 0.2) is 18.2 Å². The highest BCUT2D eigenvalue weighted by Crippen LogP contribution is 2.26. The second-order valence-electron chi connectivity index (χ2n) is 5.83. The molecule has 0 radical (unpaired) electrons. The molecule has 1 N–H and O–H groups in total. The second kappa shape index (κ2) is 7.76. The molecule has 0 bridgehead atoms. The predicted molar refractivity (Wildman–Crippen MR) is 87.3 cm³/mol. The summed E-state index contributed by atoms with van der Waals surface area (Å²) in [7, 11) is 2.15. The molecule has 0 atom stereocenters. The highest BCUT2D eigenvalue weighted by molar-refractivity contribution is 5.54. The van der Waals surface area contributed by atoms with Crippen LogP contribution in [0.1, 0.15) is 32.3 Å². The molecule has 0 amide bonds. The topological polar surface area (TPSA) is 18.5 Å². The van der Waals surface area contributed by atoms with Crippen molar-refractivity contribution in [1.82, 2.24) is 10.2 Å². The third kappa shape index (κ3) is 4.17. The standard InChI is InChI=1S/C17H28FN3/c1-4-19-13-14-12-15(18)6-7-17(14)20(3)16-8-10-21(5-2)11-9-16/h6-7,12,16,19H,4-5,8-11,13H2,1-3H3. The van der Waals surface area contributed by atoms with Crippen molar-refractivity contribution in [2.45, 2.75) is 39.3 Å². The molecule has 1 heterocycles. The van der Waals surface area contributed by atoms with E-state index in [0.717, 1.165) is 44.0 Å². The molecule has 1 aliphatic rings. The Hall–Kier alpha value is -1.13. The first kappa shape index (κ1) is 16.2. The van der Waals surface area contributed by atoms with Crippen LogP contribution in [0.3, 0.4) is 0 Å². The Balaban J connectivity index is 2.09. The SMILES string of the molecule is CCNCc1cc(F)ccc1N(C)C1CCN(CC)CC1. The summed E-state index contributed by atoms with van der Waals surface area (Å²) in [6.07, 6.45) is 2.37. The Kier molecular flexibility index (Phi) is 6.00. The Morgan fingerprint density at radius 2 is 2.00 bits per heavy atom. The van der Waals surface area contributed by atoms with Crippen molar-refractivity contribution < 1.29 is 4.39 Å². The van der Waals surface area contributed by atoms with E-state index in [4.69, 9.17) is 0 Å². The monoisotopic (exact) mass is 293 g/mol. The molecule has 1 fully saturated rings. The summed E-state index contributed by atoms with van der Waals surface area (Å²) >= 11 is 0. The molecule has 2 rings (SSSR count). The number of benzene rings is 1. The van der Waals surface area contributed by atoms with Crippen LogP contribution in [-0.2, 0) is 6.54 Å². The lowest BCUT2D eigenvalue weighted by molar-refractivity contribution is 0.220. The lowest BCUT2D eigenvalue weighted by Gasteiger charge is -2.38. The lowest BCUT2D eigenvalue weighted by atomic mass is 10.0. The van der Waals surface area contributed by atoms with E-state index in [1.807, 2.05) is 6.07 Å². The lowest BCUT2D eigenvalue weighted by Crippen LogP contribution is -2.43. The van der Waals surface area contributed by atoms with E-state index in [1.54, 1.807) is 12.1 Å². The fourth-order valence-corrected chi connectivity index (χ4v) is 3.12. The van der Waals surface area contributed by atoms with Gasteiger partial charge in [0.1, 0.15) is 5.82 Å². The summed E-state index contributed by atoms with van der Waals surface area (Å²) in [6, 6.07) is 5.71. The fraction of sp³-hybridized carbons (Fsp3) is 0.647. The van der Waals surface area contributed by atoms with Crippen LogP contribution < -0.4 is 10.2 Å². The maximum absolute atomic E-state index is 13.5. The maximum Gasteiger partial charge on any atom is 0.123 e. The van der Waals surface area contributed by atoms with Gasteiger partial charge >= 0.3 is 0 Å². The largest absolute Gasteiger partial charge is 0.371 e. The zero-order valence-corrected chi connectivity index (χ0v) is 13.5. The van der Waals surface area contributed by atoms with Crippen molar-refractivity contribution >= 4 is 5.69 Å². The number of nitrogens with zero attached hydrogens (tertiary/aromatic N) is 2. The van der Waals surface area contributed by atoms with Crippen molar-refractivity contribution in [3.05, 3.63) is 29.6 Å². The van der Waals surface area contributed by atoms with Crippen LogP contribution in [0.5, 0.6) is 0 Å². The Bertz CT molecular complexity index is 442. The van der Waals surface area contributed by atoms with E-state index in [2.05, 4.69) is 36.0 Å². The van der Waals surface area contributed by atoms with Gasteiger partial charge in [0, 0.05) is 38.4 Å². The fourth-order valence-electron chi connectivity index (χ4n) is 3.12. The molecular weight excluding hydrogens is 265 g/mol. The summed E-state index contributed by atoms with van der Waals surface area (Å²) in [5.74, 6) is -0.152. The molecule has 4 heteroatoms. The van der Waals surface area contributed by atoms with Gasteiger partial charge in [0.15, 0.2) is 0 Å². The van der Waals surface area contributed by atoms with E-state index in [0.29, 0.717) is 6.04 Å². The Morgan fingerprint density at radius 3 is 2.62 bits per heavy atom. The molecule has 0 aliphatic carbocycles.